The molecule has 1 heterocycles. The van der Waals surface area contributed by atoms with E-state index in [9.17, 15) is 9.65 Å². The molecule has 0 spiro atoms. The number of benzene rings is 1. The second-order valence-corrected chi connectivity index (χ2v) is 5.28. The Balaban J connectivity index is 1.99. The van der Waals surface area contributed by atoms with Crippen LogP contribution in [0.4, 0.5) is 4.39 Å². The fraction of sp³-hybridized carbons (Fsp3) is 0.294. The SMILES string of the molecule is Cc1cc(F)ccc1Oc1nc2c(cc1C#N)CCCC2. The van der Waals surface area contributed by atoms with Crippen molar-refractivity contribution in [3.8, 4) is 17.7 Å². The second kappa shape index (κ2) is 5.53. The molecule has 0 bridgehead atoms. The van der Waals surface area contributed by atoms with E-state index in [1.165, 1.54) is 12.1 Å². The van der Waals surface area contributed by atoms with Gasteiger partial charge in [-0.3, -0.25) is 0 Å². The lowest BCUT2D eigenvalue weighted by atomic mass is 9.95. The first kappa shape index (κ1) is 13.6. The number of nitriles is 1. The van der Waals surface area contributed by atoms with E-state index < -0.39 is 0 Å². The Labute approximate surface area is 123 Å². The highest BCUT2D eigenvalue weighted by atomic mass is 19.1. The average molecular weight is 282 g/mol. The standard InChI is InChI=1S/C17H15FN2O/c1-11-8-14(18)6-7-16(11)21-17-13(10-19)9-12-4-2-3-5-15(12)20-17/h6-9H,2-5H2,1H3. The molecule has 0 amide bonds. The lowest BCUT2D eigenvalue weighted by Crippen LogP contribution is -2.07. The van der Waals surface area contributed by atoms with Gasteiger partial charge in [-0.1, -0.05) is 0 Å². The number of nitrogens with zero attached hydrogens (tertiary/aromatic N) is 2. The van der Waals surface area contributed by atoms with Crippen LogP contribution in [0.5, 0.6) is 11.6 Å². The van der Waals surface area contributed by atoms with Crippen LogP contribution in [0.25, 0.3) is 0 Å². The number of ether oxygens (including phenoxy) is 1. The zero-order chi connectivity index (χ0) is 14.8. The van der Waals surface area contributed by atoms with Gasteiger partial charge in [-0.05, 0) is 68.0 Å². The lowest BCUT2D eigenvalue weighted by molar-refractivity contribution is 0.451. The molecule has 106 valence electrons. The highest BCUT2D eigenvalue weighted by molar-refractivity contribution is 5.46. The third-order valence-electron chi connectivity index (χ3n) is 3.73. The van der Waals surface area contributed by atoms with Crippen molar-refractivity contribution in [2.45, 2.75) is 32.6 Å². The van der Waals surface area contributed by atoms with Crippen LogP contribution in [0, 0.1) is 24.1 Å². The first-order chi connectivity index (χ1) is 10.2. The molecule has 1 aromatic heterocycles. The Hall–Kier alpha value is -2.41. The van der Waals surface area contributed by atoms with Crippen LogP contribution in [-0.2, 0) is 12.8 Å². The Kier molecular flexibility index (Phi) is 3.57. The normalized spacial score (nSPS) is 13.4. The predicted molar refractivity (Wildman–Crippen MR) is 76.8 cm³/mol. The summed E-state index contributed by atoms with van der Waals surface area (Å²) in [5, 5.41) is 9.28. The molecule has 0 saturated heterocycles. The van der Waals surface area contributed by atoms with E-state index in [0.717, 1.165) is 36.9 Å². The molecule has 1 aliphatic carbocycles. The van der Waals surface area contributed by atoms with Gasteiger partial charge >= 0.3 is 0 Å². The van der Waals surface area contributed by atoms with E-state index in [4.69, 9.17) is 4.74 Å². The third kappa shape index (κ3) is 2.73. The number of hydrogen-bond acceptors (Lipinski definition) is 3. The van der Waals surface area contributed by atoms with Gasteiger partial charge in [0, 0.05) is 5.69 Å². The summed E-state index contributed by atoms with van der Waals surface area (Å²) in [7, 11) is 0. The van der Waals surface area contributed by atoms with Crippen molar-refractivity contribution in [1.29, 1.82) is 5.26 Å². The first-order valence-corrected chi connectivity index (χ1v) is 7.04. The zero-order valence-electron chi connectivity index (χ0n) is 11.8. The molecule has 4 heteroatoms. The number of pyridine rings is 1. The van der Waals surface area contributed by atoms with E-state index in [-0.39, 0.29) is 5.82 Å². The summed E-state index contributed by atoms with van der Waals surface area (Å²) in [5.74, 6) is 0.530. The van der Waals surface area contributed by atoms with E-state index in [2.05, 4.69) is 11.1 Å². The van der Waals surface area contributed by atoms with Gasteiger partial charge < -0.3 is 4.74 Å². The molecule has 3 rings (SSSR count). The first-order valence-electron chi connectivity index (χ1n) is 7.04. The van der Waals surface area contributed by atoms with Gasteiger partial charge in [-0.15, -0.1) is 0 Å². The van der Waals surface area contributed by atoms with Crippen molar-refractivity contribution in [3.05, 3.63) is 52.5 Å². The Bertz CT molecular complexity index is 734. The van der Waals surface area contributed by atoms with Gasteiger partial charge in [-0.25, -0.2) is 9.37 Å². The summed E-state index contributed by atoms with van der Waals surface area (Å²) in [6.45, 7) is 1.77. The quantitative estimate of drug-likeness (QED) is 0.834. The number of aryl methyl sites for hydroxylation is 3. The van der Waals surface area contributed by atoms with Crippen molar-refractivity contribution >= 4 is 0 Å². The van der Waals surface area contributed by atoms with E-state index >= 15 is 0 Å². The highest BCUT2D eigenvalue weighted by Crippen LogP contribution is 2.30. The molecule has 0 radical (unpaired) electrons. The van der Waals surface area contributed by atoms with Crippen molar-refractivity contribution < 1.29 is 9.13 Å². The van der Waals surface area contributed by atoms with E-state index in [1.807, 2.05) is 6.07 Å². The summed E-state index contributed by atoms with van der Waals surface area (Å²) < 4.78 is 18.9. The fourth-order valence-electron chi connectivity index (χ4n) is 2.60. The molecule has 0 unspecified atom stereocenters. The smallest absolute Gasteiger partial charge is 0.237 e. The van der Waals surface area contributed by atoms with Crippen molar-refractivity contribution in [2.75, 3.05) is 0 Å². The summed E-state index contributed by atoms with van der Waals surface area (Å²) in [5.41, 5.74) is 3.26. The molecule has 3 nitrogen and oxygen atoms in total. The average Bonchev–Trinajstić information content (AvgIpc) is 2.49. The van der Waals surface area contributed by atoms with Crippen LogP contribution in [0.15, 0.2) is 24.3 Å². The van der Waals surface area contributed by atoms with Crippen molar-refractivity contribution in [3.63, 3.8) is 0 Å². The molecule has 0 fully saturated rings. The largest absolute Gasteiger partial charge is 0.437 e. The summed E-state index contributed by atoms with van der Waals surface area (Å²) >= 11 is 0. The van der Waals surface area contributed by atoms with Crippen LogP contribution in [0.3, 0.4) is 0 Å². The second-order valence-electron chi connectivity index (χ2n) is 5.28. The van der Waals surface area contributed by atoms with Crippen LogP contribution in [0.1, 0.15) is 35.2 Å². The molecule has 0 atom stereocenters. The third-order valence-corrected chi connectivity index (χ3v) is 3.73. The minimum absolute atomic E-state index is 0.307. The maximum Gasteiger partial charge on any atom is 0.237 e. The summed E-state index contributed by atoms with van der Waals surface area (Å²) in [6.07, 6.45) is 4.13. The Morgan fingerprint density at radius 1 is 1.24 bits per heavy atom. The number of rotatable bonds is 2. The van der Waals surface area contributed by atoms with E-state index in [0.29, 0.717) is 22.8 Å². The minimum Gasteiger partial charge on any atom is -0.437 e. The van der Waals surface area contributed by atoms with Crippen LogP contribution in [-0.4, -0.2) is 4.98 Å². The van der Waals surface area contributed by atoms with Crippen LogP contribution in [0.2, 0.25) is 0 Å². The maximum absolute atomic E-state index is 13.1. The van der Waals surface area contributed by atoms with Crippen LogP contribution < -0.4 is 4.74 Å². The topological polar surface area (TPSA) is 45.9 Å². The Morgan fingerprint density at radius 2 is 2.05 bits per heavy atom. The molecule has 21 heavy (non-hydrogen) atoms. The minimum atomic E-state index is -0.307. The van der Waals surface area contributed by atoms with E-state index in [1.54, 1.807) is 13.0 Å². The van der Waals surface area contributed by atoms with Gasteiger partial charge in [-0.2, -0.15) is 5.26 Å². The molecule has 2 aromatic rings. The van der Waals surface area contributed by atoms with Crippen molar-refractivity contribution in [2.24, 2.45) is 0 Å². The number of hydrogen-bond donors (Lipinski definition) is 0. The lowest BCUT2D eigenvalue weighted by Gasteiger charge is -2.17. The molecule has 0 saturated carbocycles. The maximum atomic E-state index is 13.1. The predicted octanol–water partition coefficient (Wildman–Crippen LogP) is 4.07. The fourth-order valence-corrected chi connectivity index (χ4v) is 2.60. The number of fused-ring (bicyclic) bond motifs is 1. The van der Waals surface area contributed by atoms with Gasteiger partial charge in [0.05, 0.1) is 0 Å². The molecular weight excluding hydrogens is 267 g/mol. The van der Waals surface area contributed by atoms with Crippen LogP contribution >= 0.6 is 0 Å². The van der Waals surface area contributed by atoms with Gasteiger partial charge in [0.15, 0.2) is 0 Å². The molecular formula is C17H15FN2O. The monoisotopic (exact) mass is 282 g/mol. The zero-order valence-corrected chi connectivity index (χ0v) is 11.8. The molecule has 0 N–H and O–H groups in total. The molecule has 1 aromatic carbocycles. The van der Waals surface area contributed by atoms with Crippen molar-refractivity contribution in [1.82, 2.24) is 4.98 Å². The molecule has 1 aliphatic rings. The van der Waals surface area contributed by atoms with Gasteiger partial charge in [0.25, 0.3) is 0 Å². The molecule has 0 aliphatic heterocycles. The number of aromatic nitrogens is 1. The summed E-state index contributed by atoms with van der Waals surface area (Å²) in [6, 6.07) is 8.31. The van der Waals surface area contributed by atoms with Gasteiger partial charge in [0.1, 0.15) is 23.2 Å². The summed E-state index contributed by atoms with van der Waals surface area (Å²) in [4.78, 5) is 4.50. The Morgan fingerprint density at radius 3 is 2.81 bits per heavy atom. The highest BCUT2D eigenvalue weighted by Gasteiger charge is 2.17. The number of halogens is 1. The van der Waals surface area contributed by atoms with Gasteiger partial charge in [0.2, 0.25) is 5.88 Å².